The molecule has 0 aromatic carbocycles. The molecule has 1 aliphatic rings. The van der Waals surface area contributed by atoms with Gasteiger partial charge in [-0.1, -0.05) is 20.8 Å². The van der Waals surface area contributed by atoms with Gasteiger partial charge in [0.2, 0.25) is 5.91 Å². The Morgan fingerprint density at radius 1 is 1.44 bits per heavy atom. The molecule has 0 radical (unpaired) electrons. The monoisotopic (exact) mass is 247 g/mol. The number of halogens is 1. The number of ether oxygens (including phenoxy) is 1. The number of hydrogen-bond acceptors (Lipinski definition) is 2. The van der Waals surface area contributed by atoms with E-state index in [9.17, 15) is 4.79 Å². The van der Waals surface area contributed by atoms with E-state index in [0.29, 0.717) is 24.9 Å². The van der Waals surface area contributed by atoms with Gasteiger partial charge in [-0.15, -0.1) is 11.6 Å². The number of nitrogens with zero attached hydrogens (tertiary/aromatic N) is 1. The maximum absolute atomic E-state index is 12.2. The summed E-state index contributed by atoms with van der Waals surface area (Å²) in [4.78, 5) is 14.1. The van der Waals surface area contributed by atoms with Gasteiger partial charge >= 0.3 is 0 Å². The fraction of sp³-hybridized carbons (Fsp3) is 0.917. The number of alkyl halides is 1. The lowest BCUT2D eigenvalue weighted by molar-refractivity contribution is -0.147. The third-order valence-electron chi connectivity index (χ3n) is 3.20. The van der Waals surface area contributed by atoms with Gasteiger partial charge in [0, 0.05) is 19.0 Å². The van der Waals surface area contributed by atoms with Gasteiger partial charge in [-0.25, -0.2) is 0 Å². The van der Waals surface area contributed by atoms with Crippen molar-refractivity contribution in [2.75, 3.05) is 19.0 Å². The van der Waals surface area contributed by atoms with Crippen molar-refractivity contribution in [2.45, 2.75) is 39.9 Å². The standard InChI is InChI=1S/C12H22ClNO2/c1-8(2)10(4)12(15)14-6-9(3)16-11(5-13)7-14/h8-11H,5-7H2,1-4H3. The molecule has 3 nitrogen and oxygen atoms in total. The summed E-state index contributed by atoms with van der Waals surface area (Å²) in [5.41, 5.74) is 0. The zero-order chi connectivity index (χ0) is 12.3. The first kappa shape index (κ1) is 13.8. The molecule has 1 aliphatic heterocycles. The molecular formula is C12H22ClNO2. The van der Waals surface area contributed by atoms with Gasteiger partial charge in [-0.3, -0.25) is 4.79 Å². The first-order chi connectivity index (χ1) is 7.45. The zero-order valence-electron chi connectivity index (χ0n) is 10.6. The van der Waals surface area contributed by atoms with Crippen molar-refractivity contribution in [1.82, 2.24) is 4.90 Å². The Labute approximate surface area is 103 Å². The van der Waals surface area contributed by atoms with Crippen molar-refractivity contribution in [3.05, 3.63) is 0 Å². The average Bonchev–Trinajstić information content (AvgIpc) is 2.25. The maximum atomic E-state index is 12.2. The predicted molar refractivity (Wildman–Crippen MR) is 65.6 cm³/mol. The van der Waals surface area contributed by atoms with Crippen molar-refractivity contribution in [3.63, 3.8) is 0 Å². The molecule has 1 heterocycles. The third-order valence-corrected chi connectivity index (χ3v) is 3.54. The van der Waals surface area contributed by atoms with Crippen LogP contribution in [0.5, 0.6) is 0 Å². The van der Waals surface area contributed by atoms with E-state index in [-0.39, 0.29) is 24.0 Å². The van der Waals surface area contributed by atoms with Gasteiger partial charge in [0.1, 0.15) is 0 Å². The summed E-state index contributed by atoms with van der Waals surface area (Å²) in [7, 11) is 0. The molecule has 4 heteroatoms. The normalized spacial score (nSPS) is 28.2. The highest BCUT2D eigenvalue weighted by Crippen LogP contribution is 2.18. The molecule has 1 fully saturated rings. The van der Waals surface area contributed by atoms with E-state index in [1.165, 1.54) is 0 Å². The van der Waals surface area contributed by atoms with Gasteiger partial charge in [0.15, 0.2) is 0 Å². The number of rotatable bonds is 3. The van der Waals surface area contributed by atoms with Crippen LogP contribution in [0.3, 0.4) is 0 Å². The van der Waals surface area contributed by atoms with Crippen LogP contribution in [0.1, 0.15) is 27.7 Å². The van der Waals surface area contributed by atoms with Crippen LogP contribution in [0, 0.1) is 11.8 Å². The van der Waals surface area contributed by atoms with Gasteiger partial charge in [0.25, 0.3) is 0 Å². The second kappa shape index (κ2) is 5.87. The Morgan fingerprint density at radius 2 is 2.06 bits per heavy atom. The molecule has 0 aliphatic carbocycles. The summed E-state index contributed by atoms with van der Waals surface area (Å²) >= 11 is 5.79. The molecule has 1 saturated heterocycles. The summed E-state index contributed by atoms with van der Waals surface area (Å²) in [6.07, 6.45) is 0.0644. The largest absolute Gasteiger partial charge is 0.370 e. The lowest BCUT2D eigenvalue weighted by Crippen LogP contribution is -2.51. The molecular weight excluding hydrogens is 226 g/mol. The molecule has 0 aromatic rings. The van der Waals surface area contributed by atoms with Crippen LogP contribution in [-0.4, -0.2) is 42.0 Å². The Morgan fingerprint density at radius 3 is 2.56 bits per heavy atom. The van der Waals surface area contributed by atoms with Gasteiger partial charge in [0.05, 0.1) is 18.1 Å². The fourth-order valence-electron chi connectivity index (χ4n) is 1.88. The molecule has 3 unspecified atom stereocenters. The van der Waals surface area contributed by atoms with Crippen molar-refractivity contribution in [3.8, 4) is 0 Å². The Bertz CT molecular complexity index is 245. The minimum atomic E-state index is -0.0197. The molecule has 3 atom stereocenters. The maximum Gasteiger partial charge on any atom is 0.225 e. The van der Waals surface area contributed by atoms with Crippen molar-refractivity contribution < 1.29 is 9.53 Å². The first-order valence-electron chi connectivity index (χ1n) is 5.96. The molecule has 94 valence electrons. The van der Waals surface area contributed by atoms with Gasteiger partial charge < -0.3 is 9.64 Å². The lowest BCUT2D eigenvalue weighted by Gasteiger charge is -2.37. The van der Waals surface area contributed by atoms with E-state index in [1.54, 1.807) is 0 Å². The summed E-state index contributed by atoms with van der Waals surface area (Å²) in [5.74, 6) is 1.12. The smallest absolute Gasteiger partial charge is 0.225 e. The molecule has 0 saturated carbocycles. The van der Waals surface area contributed by atoms with E-state index >= 15 is 0 Å². The second-order valence-corrected chi connectivity index (χ2v) is 5.31. The molecule has 1 rings (SSSR count). The zero-order valence-corrected chi connectivity index (χ0v) is 11.3. The van der Waals surface area contributed by atoms with Crippen LogP contribution in [0.4, 0.5) is 0 Å². The van der Waals surface area contributed by atoms with Crippen LogP contribution >= 0.6 is 11.6 Å². The first-order valence-corrected chi connectivity index (χ1v) is 6.49. The SMILES string of the molecule is CC1CN(C(=O)C(C)C(C)C)CC(CCl)O1. The quantitative estimate of drug-likeness (QED) is 0.715. The van der Waals surface area contributed by atoms with E-state index in [4.69, 9.17) is 16.3 Å². The number of amides is 1. The average molecular weight is 248 g/mol. The number of morpholine rings is 1. The van der Waals surface area contributed by atoms with Crippen molar-refractivity contribution in [1.29, 1.82) is 0 Å². The third kappa shape index (κ3) is 3.36. The minimum Gasteiger partial charge on any atom is -0.370 e. The summed E-state index contributed by atoms with van der Waals surface area (Å²) in [5, 5.41) is 0. The van der Waals surface area contributed by atoms with Crippen LogP contribution < -0.4 is 0 Å². The molecule has 0 bridgehead atoms. The molecule has 0 aromatic heterocycles. The van der Waals surface area contributed by atoms with Crippen molar-refractivity contribution in [2.24, 2.45) is 11.8 Å². The molecule has 1 amide bonds. The Hall–Kier alpha value is -0.280. The van der Waals surface area contributed by atoms with E-state index in [0.717, 1.165) is 0 Å². The molecule has 16 heavy (non-hydrogen) atoms. The Balaban J connectivity index is 2.61. The number of carbonyl (C=O) groups excluding carboxylic acids is 1. The summed E-state index contributed by atoms with van der Waals surface area (Å²) in [6.45, 7) is 9.44. The highest BCUT2D eigenvalue weighted by molar-refractivity contribution is 6.18. The van der Waals surface area contributed by atoms with Crippen LogP contribution in [0.15, 0.2) is 0 Å². The van der Waals surface area contributed by atoms with Crippen LogP contribution in [-0.2, 0) is 9.53 Å². The summed E-state index contributed by atoms with van der Waals surface area (Å²) < 4.78 is 5.63. The Kier molecular flexibility index (Phi) is 5.06. The van der Waals surface area contributed by atoms with Crippen LogP contribution in [0.25, 0.3) is 0 Å². The topological polar surface area (TPSA) is 29.5 Å². The van der Waals surface area contributed by atoms with E-state index in [1.807, 2.05) is 18.7 Å². The van der Waals surface area contributed by atoms with Crippen LogP contribution in [0.2, 0.25) is 0 Å². The van der Waals surface area contributed by atoms with Crippen molar-refractivity contribution >= 4 is 17.5 Å². The summed E-state index contributed by atoms with van der Waals surface area (Å²) in [6, 6.07) is 0. The fourth-order valence-corrected chi connectivity index (χ4v) is 2.05. The van der Waals surface area contributed by atoms with E-state index < -0.39 is 0 Å². The number of hydrogen-bond donors (Lipinski definition) is 0. The minimum absolute atomic E-state index is 0.0197. The highest BCUT2D eigenvalue weighted by Gasteiger charge is 2.30. The molecule has 0 spiro atoms. The predicted octanol–water partition coefficient (Wildman–Crippen LogP) is 2.13. The second-order valence-electron chi connectivity index (χ2n) is 5.00. The highest BCUT2D eigenvalue weighted by atomic mass is 35.5. The lowest BCUT2D eigenvalue weighted by atomic mass is 9.96. The van der Waals surface area contributed by atoms with Gasteiger partial charge in [-0.2, -0.15) is 0 Å². The van der Waals surface area contributed by atoms with Gasteiger partial charge in [-0.05, 0) is 12.8 Å². The number of carbonyl (C=O) groups is 1. The van der Waals surface area contributed by atoms with E-state index in [2.05, 4.69) is 13.8 Å². The molecule has 0 N–H and O–H groups in total.